The molecule has 0 unspecified atom stereocenters. The Morgan fingerprint density at radius 1 is 0.339 bits per heavy atom. The van der Waals surface area contributed by atoms with Crippen molar-refractivity contribution in [1.29, 1.82) is 0 Å². The maximum Gasteiger partial charge on any atom is 0.160 e. The molecule has 1 aliphatic carbocycles. The first-order valence-electron chi connectivity index (χ1n) is 24.4. The summed E-state index contributed by atoms with van der Waals surface area (Å²) in [5.74, 6) is 0.566. The zero-order chi connectivity index (χ0) is 47.9. The largest absolute Gasteiger partial charge is 0.228 e. The molecule has 1 heterocycles. The van der Waals surface area contributed by atoms with Gasteiger partial charge in [0.2, 0.25) is 0 Å². The van der Waals surface area contributed by atoms with E-state index in [2.05, 4.69) is 30.3 Å². The normalized spacial score (nSPS) is 14.9. The van der Waals surface area contributed by atoms with Gasteiger partial charge in [0.15, 0.2) is 5.82 Å². The van der Waals surface area contributed by atoms with Crippen LogP contribution in [0.1, 0.15) is 36.0 Å². The Kier molecular flexibility index (Phi) is 6.22. The fourth-order valence-electron chi connectivity index (χ4n) is 8.70. The van der Waals surface area contributed by atoms with E-state index in [0.29, 0.717) is 39.3 Å². The molecule has 0 saturated heterocycles. The summed E-state index contributed by atoms with van der Waals surface area (Å²) in [5, 5.41) is 1.76. The third-order valence-electron chi connectivity index (χ3n) is 11.3. The van der Waals surface area contributed by atoms with E-state index in [1.165, 1.54) is 0 Å². The molecule has 10 aromatic rings. The summed E-state index contributed by atoms with van der Waals surface area (Å²) in [7, 11) is 0. The van der Waals surface area contributed by atoms with Gasteiger partial charge < -0.3 is 0 Å². The first kappa shape index (κ1) is 25.5. The number of hydrogen-bond donors (Lipinski definition) is 0. The molecule has 1 aromatic heterocycles. The number of aromatic nitrogens is 2. The molecule has 0 saturated carbocycles. The fraction of sp³-hybridized carbons (Fsp3) is 0.0175. The van der Waals surface area contributed by atoms with E-state index in [1.807, 2.05) is 127 Å². The summed E-state index contributed by atoms with van der Waals surface area (Å²) < 4.78 is 90.2. The van der Waals surface area contributed by atoms with Crippen LogP contribution in [-0.2, 0) is 5.41 Å². The van der Waals surface area contributed by atoms with Gasteiger partial charge in [-0.2, -0.15) is 0 Å². The Balaban J connectivity index is 1.16. The van der Waals surface area contributed by atoms with Crippen LogP contribution in [0.5, 0.6) is 0 Å². The Morgan fingerprint density at radius 3 is 1.61 bits per heavy atom. The second kappa shape index (κ2) is 14.4. The molecule has 0 fully saturated rings. The van der Waals surface area contributed by atoms with Gasteiger partial charge in [-0.15, -0.1) is 0 Å². The van der Waals surface area contributed by atoms with Gasteiger partial charge in [-0.3, -0.25) is 0 Å². The van der Waals surface area contributed by atoms with Gasteiger partial charge in [-0.25, -0.2) is 9.97 Å². The topological polar surface area (TPSA) is 25.8 Å². The molecule has 0 aliphatic heterocycles. The highest BCUT2D eigenvalue weighted by Gasteiger charge is 2.46. The molecule has 11 rings (SSSR count). The predicted molar refractivity (Wildman–Crippen MR) is 244 cm³/mol. The Hall–Kier alpha value is -7.68. The van der Waals surface area contributed by atoms with Crippen molar-refractivity contribution in [3.05, 3.63) is 253 Å². The van der Waals surface area contributed by atoms with Crippen molar-refractivity contribution < 1.29 is 13.7 Å². The predicted octanol–water partition coefficient (Wildman–Crippen LogP) is 14.3. The lowest BCUT2D eigenvalue weighted by molar-refractivity contribution is 0.769. The second-order valence-electron chi connectivity index (χ2n) is 14.5. The zero-order valence-electron chi connectivity index (χ0n) is 41.6. The minimum atomic E-state index is -1.96. The summed E-state index contributed by atoms with van der Waals surface area (Å²) in [5.41, 5.74) is 7.49. The van der Waals surface area contributed by atoms with Gasteiger partial charge >= 0.3 is 0 Å². The average molecular weight is 761 g/mol. The van der Waals surface area contributed by atoms with Crippen LogP contribution in [0.2, 0.25) is 0 Å². The van der Waals surface area contributed by atoms with Crippen molar-refractivity contribution in [2.24, 2.45) is 0 Å². The maximum atomic E-state index is 9.43. The number of fused-ring (bicyclic) bond motifs is 4. The molecule has 0 spiro atoms. The van der Waals surface area contributed by atoms with Gasteiger partial charge in [0, 0.05) is 16.7 Å². The van der Waals surface area contributed by atoms with Crippen LogP contribution < -0.4 is 0 Å². The van der Waals surface area contributed by atoms with Gasteiger partial charge in [0.1, 0.15) is 0 Å². The summed E-state index contributed by atoms with van der Waals surface area (Å²) in [6.07, 6.45) is 0. The number of nitrogens with zero attached hydrogens (tertiary/aromatic N) is 2. The molecular formula is C57H38N2. The van der Waals surface area contributed by atoms with E-state index in [-0.39, 0.29) is 11.1 Å². The van der Waals surface area contributed by atoms with Crippen LogP contribution in [0.3, 0.4) is 0 Å². The molecule has 0 N–H and O–H groups in total. The average Bonchev–Trinajstić information content (AvgIpc) is 3.68. The molecule has 276 valence electrons. The molecular weight excluding hydrogens is 713 g/mol. The van der Waals surface area contributed by atoms with Crippen LogP contribution in [0.25, 0.3) is 78.1 Å². The molecule has 0 atom stereocenters. The van der Waals surface area contributed by atoms with Gasteiger partial charge in [0.05, 0.1) is 30.5 Å². The van der Waals surface area contributed by atoms with Crippen LogP contribution in [-0.4, -0.2) is 9.97 Å². The quantitative estimate of drug-likeness (QED) is 0.162. The third-order valence-corrected chi connectivity index (χ3v) is 11.3. The van der Waals surface area contributed by atoms with Crippen LogP contribution >= 0.6 is 0 Å². The van der Waals surface area contributed by atoms with E-state index in [1.54, 1.807) is 12.1 Å². The Morgan fingerprint density at radius 2 is 0.881 bits per heavy atom. The molecule has 9 aromatic carbocycles. The van der Waals surface area contributed by atoms with Crippen molar-refractivity contribution in [1.82, 2.24) is 9.97 Å². The summed E-state index contributed by atoms with van der Waals surface area (Å²) in [4.78, 5) is 10.3. The van der Waals surface area contributed by atoms with Gasteiger partial charge in [0.25, 0.3) is 0 Å². The number of hydrogen-bond acceptors (Lipinski definition) is 2. The molecule has 2 heteroatoms. The highest BCUT2D eigenvalue weighted by molar-refractivity contribution is 6.05. The molecule has 59 heavy (non-hydrogen) atoms. The standard InChI is InChI=1S/C57H38N2/c1-5-18-39(19-6-1)41-22-17-23-43(36-41)54-38-55(59-56(58-54)40-20-7-2-8-21-40)51-35-34-46(47-28-13-14-29-48(47)51)42-32-33-50-49-30-15-16-31-52(49)57(53(50)37-42,44-24-9-3-10-25-44)45-26-11-4-12-27-45/h1-38H/i3D,4D,9D,10D,11D,12D,24D,25D,26D,27D. The molecule has 1 aliphatic rings. The second-order valence-corrected chi connectivity index (χ2v) is 14.5. The minimum Gasteiger partial charge on any atom is -0.228 e. The Bertz CT molecular complexity index is 3620. The van der Waals surface area contributed by atoms with Crippen molar-refractivity contribution in [2.75, 3.05) is 0 Å². The summed E-state index contributed by atoms with van der Waals surface area (Å²) >= 11 is 0. The van der Waals surface area contributed by atoms with Crippen LogP contribution in [0.4, 0.5) is 0 Å². The number of benzene rings is 9. The van der Waals surface area contributed by atoms with E-state index in [4.69, 9.17) is 18.2 Å². The highest BCUT2D eigenvalue weighted by Crippen LogP contribution is 2.57. The first-order valence-corrected chi connectivity index (χ1v) is 19.4. The van der Waals surface area contributed by atoms with E-state index in [0.717, 1.165) is 49.8 Å². The van der Waals surface area contributed by atoms with Crippen LogP contribution in [0, 0.1) is 0 Å². The summed E-state index contributed by atoms with van der Waals surface area (Å²) in [6.45, 7) is 0. The minimum absolute atomic E-state index is 0.210. The van der Waals surface area contributed by atoms with Gasteiger partial charge in [-0.1, -0.05) is 212 Å². The highest BCUT2D eigenvalue weighted by atomic mass is 14.9. The lowest BCUT2D eigenvalue weighted by Gasteiger charge is -2.34. The van der Waals surface area contributed by atoms with E-state index >= 15 is 0 Å². The smallest absolute Gasteiger partial charge is 0.160 e. The molecule has 0 bridgehead atoms. The van der Waals surface area contributed by atoms with Crippen molar-refractivity contribution in [3.63, 3.8) is 0 Å². The lowest BCUT2D eigenvalue weighted by atomic mass is 9.67. The van der Waals surface area contributed by atoms with E-state index in [9.17, 15) is 5.48 Å². The SMILES string of the molecule is [2H]c1c([2H])c([2H])c(C2(c3c([2H])c([2H])c([2H])c([2H])c3[2H])c3ccccc3-c3ccc(-c4ccc(-c5cc(-c6cccc(-c7ccccc7)c6)nc(-c6ccccc6)n5)c5ccccc45)cc32)c([2H])c1[2H]. The zero-order valence-corrected chi connectivity index (χ0v) is 31.6. The molecule has 0 amide bonds. The van der Waals surface area contributed by atoms with E-state index < -0.39 is 65.8 Å². The van der Waals surface area contributed by atoms with Gasteiger partial charge in [-0.05, 0) is 84.6 Å². The Labute approximate surface area is 358 Å². The lowest BCUT2D eigenvalue weighted by Crippen LogP contribution is -2.28. The summed E-state index contributed by atoms with van der Waals surface area (Å²) in [6, 6.07) is 49.6. The number of rotatable bonds is 7. The maximum absolute atomic E-state index is 9.43. The fourth-order valence-corrected chi connectivity index (χ4v) is 8.70. The first-order chi connectivity index (χ1) is 33.4. The van der Waals surface area contributed by atoms with Crippen molar-refractivity contribution in [3.8, 4) is 67.3 Å². The monoisotopic (exact) mass is 760 g/mol. The van der Waals surface area contributed by atoms with Crippen molar-refractivity contribution >= 4 is 10.8 Å². The third kappa shape index (κ3) is 5.80. The molecule has 0 radical (unpaired) electrons. The van der Waals surface area contributed by atoms with Crippen molar-refractivity contribution in [2.45, 2.75) is 5.41 Å². The van der Waals surface area contributed by atoms with Crippen LogP contribution in [0.15, 0.2) is 230 Å². The molecule has 2 nitrogen and oxygen atoms in total.